The second-order valence-electron chi connectivity index (χ2n) is 5.46. The Bertz CT molecular complexity index is 349. The smallest absolute Gasteiger partial charge is 0.0718 e. The Balaban J connectivity index is 1.97. The van der Waals surface area contributed by atoms with E-state index in [1.807, 2.05) is 25.2 Å². The maximum absolute atomic E-state index is 9.91. The van der Waals surface area contributed by atoms with E-state index in [0.29, 0.717) is 6.04 Å². The van der Waals surface area contributed by atoms with Crippen LogP contribution in [0.1, 0.15) is 36.4 Å². The Labute approximate surface area is 102 Å². The van der Waals surface area contributed by atoms with Crippen LogP contribution in [0.3, 0.4) is 0 Å². The molecule has 0 aromatic carbocycles. The number of rotatable bonds is 5. The molecule has 0 atom stereocenters. The van der Waals surface area contributed by atoms with Crippen molar-refractivity contribution in [3.63, 3.8) is 0 Å². The van der Waals surface area contributed by atoms with Crippen molar-refractivity contribution in [1.29, 1.82) is 0 Å². The second-order valence-corrected chi connectivity index (χ2v) is 6.83. The molecular formula is C13H21NOS. The number of aliphatic hydroxyl groups is 1. The first-order valence-electron chi connectivity index (χ1n) is 5.96. The van der Waals surface area contributed by atoms with Crippen LogP contribution in [0, 0.1) is 6.92 Å². The van der Waals surface area contributed by atoms with E-state index in [1.165, 1.54) is 22.6 Å². The Kier molecular flexibility index (Phi) is 3.38. The average molecular weight is 239 g/mol. The van der Waals surface area contributed by atoms with E-state index in [2.05, 4.69) is 24.0 Å². The van der Waals surface area contributed by atoms with Crippen LogP contribution in [0.2, 0.25) is 0 Å². The van der Waals surface area contributed by atoms with Gasteiger partial charge in [-0.25, -0.2) is 0 Å². The largest absolute Gasteiger partial charge is 0.389 e. The zero-order chi connectivity index (χ0) is 11.8. The minimum Gasteiger partial charge on any atom is -0.389 e. The van der Waals surface area contributed by atoms with Crippen LogP contribution in [-0.2, 0) is 6.54 Å². The fourth-order valence-electron chi connectivity index (χ4n) is 2.02. The van der Waals surface area contributed by atoms with Gasteiger partial charge < -0.3 is 5.11 Å². The molecular weight excluding hydrogens is 218 g/mol. The van der Waals surface area contributed by atoms with Crippen LogP contribution in [0.25, 0.3) is 0 Å². The highest BCUT2D eigenvalue weighted by Crippen LogP contribution is 2.30. The first kappa shape index (κ1) is 12.1. The molecule has 1 heterocycles. The lowest BCUT2D eigenvalue weighted by molar-refractivity contribution is 0.0308. The number of thiophene rings is 1. The predicted octanol–water partition coefficient (Wildman–Crippen LogP) is 2.79. The zero-order valence-electron chi connectivity index (χ0n) is 10.4. The Morgan fingerprint density at radius 1 is 1.44 bits per heavy atom. The van der Waals surface area contributed by atoms with Gasteiger partial charge in [0.15, 0.2) is 0 Å². The molecule has 0 radical (unpaired) electrons. The average Bonchev–Trinajstić information content (AvgIpc) is 2.89. The van der Waals surface area contributed by atoms with E-state index in [9.17, 15) is 5.11 Å². The molecule has 0 spiro atoms. The summed E-state index contributed by atoms with van der Waals surface area (Å²) in [4.78, 5) is 5.20. The van der Waals surface area contributed by atoms with Gasteiger partial charge in [0.25, 0.3) is 0 Å². The van der Waals surface area contributed by atoms with E-state index >= 15 is 0 Å². The molecule has 1 aromatic heterocycles. The first-order valence-corrected chi connectivity index (χ1v) is 6.77. The molecule has 0 unspecified atom stereocenters. The van der Waals surface area contributed by atoms with Gasteiger partial charge in [0.2, 0.25) is 0 Å². The third-order valence-electron chi connectivity index (χ3n) is 2.81. The number of aryl methyl sites for hydroxylation is 1. The quantitative estimate of drug-likeness (QED) is 0.854. The van der Waals surface area contributed by atoms with Crippen molar-refractivity contribution in [2.45, 2.75) is 51.8 Å². The maximum Gasteiger partial charge on any atom is 0.0718 e. The van der Waals surface area contributed by atoms with Crippen molar-refractivity contribution in [2.75, 3.05) is 6.54 Å². The van der Waals surface area contributed by atoms with E-state index < -0.39 is 5.60 Å². The summed E-state index contributed by atoms with van der Waals surface area (Å²) in [7, 11) is 0. The lowest BCUT2D eigenvalue weighted by Gasteiger charge is -2.28. The summed E-state index contributed by atoms with van der Waals surface area (Å²) in [6.45, 7) is 7.69. The lowest BCUT2D eigenvalue weighted by atomic mass is 10.1. The molecule has 1 aromatic rings. The van der Waals surface area contributed by atoms with E-state index in [1.54, 1.807) is 0 Å². The summed E-state index contributed by atoms with van der Waals surface area (Å²) in [5.74, 6) is 0. The molecule has 1 fully saturated rings. The van der Waals surface area contributed by atoms with Crippen molar-refractivity contribution in [3.05, 3.63) is 21.9 Å². The molecule has 0 aliphatic heterocycles. The van der Waals surface area contributed by atoms with Crippen molar-refractivity contribution in [2.24, 2.45) is 0 Å². The van der Waals surface area contributed by atoms with Crippen LogP contribution in [0.5, 0.6) is 0 Å². The Morgan fingerprint density at radius 2 is 2.12 bits per heavy atom. The highest BCUT2D eigenvalue weighted by atomic mass is 32.1. The summed E-state index contributed by atoms with van der Waals surface area (Å²) >= 11 is 1.86. The van der Waals surface area contributed by atoms with E-state index in [4.69, 9.17) is 0 Å². The number of nitrogens with zero attached hydrogens (tertiary/aromatic N) is 1. The molecule has 1 saturated carbocycles. The van der Waals surface area contributed by atoms with Crippen molar-refractivity contribution >= 4 is 11.3 Å². The van der Waals surface area contributed by atoms with Gasteiger partial charge in [0.05, 0.1) is 5.60 Å². The second kappa shape index (κ2) is 4.47. The maximum atomic E-state index is 9.91. The van der Waals surface area contributed by atoms with Crippen LogP contribution in [0.4, 0.5) is 0 Å². The van der Waals surface area contributed by atoms with Crippen LogP contribution in [-0.4, -0.2) is 28.2 Å². The molecule has 3 heteroatoms. The van der Waals surface area contributed by atoms with Gasteiger partial charge in [0, 0.05) is 28.9 Å². The standard InChI is InChI=1S/C13H21NOS/c1-10-4-7-12(16-10)8-14(11-5-6-11)9-13(2,3)15/h4,7,11,15H,5-6,8-9H2,1-3H3. The molecule has 1 aliphatic carbocycles. The monoisotopic (exact) mass is 239 g/mol. The fraction of sp³-hybridized carbons (Fsp3) is 0.692. The molecule has 16 heavy (non-hydrogen) atoms. The molecule has 0 saturated heterocycles. The van der Waals surface area contributed by atoms with Gasteiger partial charge in [-0.3, -0.25) is 4.90 Å². The molecule has 0 bridgehead atoms. The van der Waals surface area contributed by atoms with Gasteiger partial charge in [0.1, 0.15) is 0 Å². The number of hydrogen-bond donors (Lipinski definition) is 1. The summed E-state index contributed by atoms with van der Waals surface area (Å²) in [5.41, 5.74) is -0.588. The summed E-state index contributed by atoms with van der Waals surface area (Å²) in [5, 5.41) is 9.91. The number of hydrogen-bond acceptors (Lipinski definition) is 3. The fourth-order valence-corrected chi connectivity index (χ4v) is 2.94. The third-order valence-corrected chi connectivity index (χ3v) is 3.79. The van der Waals surface area contributed by atoms with Crippen LogP contribution in [0.15, 0.2) is 12.1 Å². The van der Waals surface area contributed by atoms with Gasteiger partial charge in [-0.1, -0.05) is 0 Å². The van der Waals surface area contributed by atoms with Gasteiger partial charge in [-0.05, 0) is 45.7 Å². The summed E-state index contributed by atoms with van der Waals surface area (Å²) < 4.78 is 0. The SMILES string of the molecule is Cc1ccc(CN(CC(C)(C)O)C2CC2)s1. The normalized spacial score (nSPS) is 17.1. The van der Waals surface area contributed by atoms with Crippen LogP contribution < -0.4 is 0 Å². The van der Waals surface area contributed by atoms with E-state index in [0.717, 1.165) is 13.1 Å². The first-order chi connectivity index (χ1) is 7.44. The molecule has 90 valence electrons. The molecule has 1 N–H and O–H groups in total. The third kappa shape index (κ3) is 3.58. The van der Waals surface area contributed by atoms with Crippen molar-refractivity contribution in [1.82, 2.24) is 4.90 Å². The van der Waals surface area contributed by atoms with E-state index in [-0.39, 0.29) is 0 Å². The molecule has 2 rings (SSSR count). The minimum absolute atomic E-state index is 0.588. The molecule has 2 nitrogen and oxygen atoms in total. The Hall–Kier alpha value is -0.380. The van der Waals surface area contributed by atoms with Crippen molar-refractivity contribution < 1.29 is 5.11 Å². The molecule has 1 aliphatic rings. The van der Waals surface area contributed by atoms with Gasteiger partial charge in [-0.2, -0.15) is 0 Å². The topological polar surface area (TPSA) is 23.5 Å². The van der Waals surface area contributed by atoms with Crippen molar-refractivity contribution in [3.8, 4) is 0 Å². The Morgan fingerprint density at radius 3 is 2.56 bits per heavy atom. The highest BCUT2D eigenvalue weighted by Gasteiger charge is 2.32. The summed E-state index contributed by atoms with van der Waals surface area (Å²) in [6.07, 6.45) is 2.58. The van der Waals surface area contributed by atoms with Gasteiger partial charge in [-0.15, -0.1) is 11.3 Å². The summed E-state index contributed by atoms with van der Waals surface area (Å²) in [6, 6.07) is 5.09. The zero-order valence-corrected chi connectivity index (χ0v) is 11.2. The molecule has 0 amide bonds. The highest BCUT2D eigenvalue weighted by molar-refractivity contribution is 7.11. The van der Waals surface area contributed by atoms with Gasteiger partial charge >= 0.3 is 0 Å². The lowest BCUT2D eigenvalue weighted by Crippen LogP contribution is -2.39. The van der Waals surface area contributed by atoms with Crippen LogP contribution >= 0.6 is 11.3 Å². The predicted molar refractivity (Wildman–Crippen MR) is 68.8 cm³/mol. The minimum atomic E-state index is -0.588.